The third-order valence-electron chi connectivity index (χ3n) is 3.96. The molecule has 0 aromatic rings. The van der Waals surface area contributed by atoms with E-state index in [1.807, 2.05) is 0 Å². The molecule has 1 amide bonds. The third-order valence-corrected chi connectivity index (χ3v) is 3.96. The normalized spacial score (nSPS) is 26.1. The minimum atomic E-state index is -0.106. The number of methoxy groups -OCH3 is 1. The Hall–Kier alpha value is -0.650. The van der Waals surface area contributed by atoms with E-state index in [1.165, 1.54) is 0 Å². The molecular weight excluding hydrogens is 242 g/mol. The third kappa shape index (κ3) is 5.09. The maximum absolute atomic E-state index is 11.8. The van der Waals surface area contributed by atoms with Gasteiger partial charge in [-0.1, -0.05) is 6.92 Å². The van der Waals surface area contributed by atoms with Crippen LogP contribution in [0.3, 0.4) is 0 Å². The van der Waals surface area contributed by atoms with Gasteiger partial charge in [-0.3, -0.25) is 9.69 Å². The van der Waals surface area contributed by atoms with Crippen molar-refractivity contribution in [3.05, 3.63) is 0 Å². The van der Waals surface area contributed by atoms with Crippen LogP contribution in [0.1, 0.15) is 39.5 Å². The van der Waals surface area contributed by atoms with E-state index in [2.05, 4.69) is 24.1 Å². The summed E-state index contributed by atoms with van der Waals surface area (Å²) in [4.78, 5) is 14.1. The highest BCUT2D eigenvalue weighted by molar-refractivity contribution is 5.76. The number of ether oxygens (including phenoxy) is 1. The van der Waals surface area contributed by atoms with Crippen molar-refractivity contribution in [1.82, 2.24) is 10.2 Å². The Morgan fingerprint density at radius 1 is 1.58 bits per heavy atom. The van der Waals surface area contributed by atoms with E-state index in [4.69, 9.17) is 10.5 Å². The lowest BCUT2D eigenvalue weighted by molar-refractivity contribution is -0.123. The van der Waals surface area contributed by atoms with E-state index < -0.39 is 0 Å². The molecule has 19 heavy (non-hydrogen) atoms. The average molecular weight is 271 g/mol. The second kappa shape index (κ2) is 7.82. The zero-order chi connectivity index (χ0) is 14.3. The number of nitrogens with one attached hydrogen (secondary N) is 1. The van der Waals surface area contributed by atoms with Crippen LogP contribution in [0.25, 0.3) is 0 Å². The van der Waals surface area contributed by atoms with Gasteiger partial charge in [0.25, 0.3) is 0 Å². The summed E-state index contributed by atoms with van der Waals surface area (Å²) in [5.74, 6) is 0.0991. The lowest BCUT2D eigenvalue weighted by Gasteiger charge is -2.42. The molecule has 5 nitrogen and oxygen atoms in total. The Morgan fingerprint density at radius 2 is 2.32 bits per heavy atom. The fraction of sp³-hybridized carbons (Fsp3) is 0.929. The number of hydrogen-bond donors (Lipinski definition) is 2. The predicted molar refractivity (Wildman–Crippen MR) is 77.0 cm³/mol. The van der Waals surface area contributed by atoms with Crippen LogP contribution < -0.4 is 11.1 Å². The van der Waals surface area contributed by atoms with E-state index in [-0.39, 0.29) is 17.6 Å². The summed E-state index contributed by atoms with van der Waals surface area (Å²) in [5, 5.41) is 2.92. The van der Waals surface area contributed by atoms with Gasteiger partial charge in [0.1, 0.15) is 0 Å². The van der Waals surface area contributed by atoms with Crippen molar-refractivity contribution in [1.29, 1.82) is 0 Å². The van der Waals surface area contributed by atoms with E-state index in [9.17, 15) is 4.79 Å². The molecule has 0 radical (unpaired) electrons. The minimum Gasteiger partial charge on any atom is -0.377 e. The highest BCUT2D eigenvalue weighted by Gasteiger charge is 2.34. The smallest absolute Gasteiger partial charge is 0.221 e. The quantitative estimate of drug-likeness (QED) is 0.716. The fourth-order valence-corrected chi connectivity index (χ4v) is 2.63. The number of amides is 1. The van der Waals surface area contributed by atoms with Gasteiger partial charge in [-0.05, 0) is 32.7 Å². The van der Waals surface area contributed by atoms with Crippen LogP contribution in [0, 0.1) is 0 Å². The van der Waals surface area contributed by atoms with Crippen molar-refractivity contribution >= 4 is 5.91 Å². The maximum Gasteiger partial charge on any atom is 0.221 e. The molecule has 2 unspecified atom stereocenters. The predicted octanol–water partition coefficient (Wildman–Crippen LogP) is 0.731. The van der Waals surface area contributed by atoms with Crippen LogP contribution in [0.2, 0.25) is 0 Å². The Labute approximate surface area is 116 Å². The summed E-state index contributed by atoms with van der Waals surface area (Å²) in [7, 11) is 1.76. The van der Waals surface area contributed by atoms with Gasteiger partial charge in [-0.2, -0.15) is 0 Å². The zero-order valence-electron chi connectivity index (χ0n) is 12.6. The van der Waals surface area contributed by atoms with Crippen LogP contribution in [0.5, 0.6) is 0 Å². The molecule has 3 N–H and O–H groups in total. The number of hydrogen-bond acceptors (Lipinski definition) is 4. The molecule has 2 atom stereocenters. The topological polar surface area (TPSA) is 67.6 Å². The summed E-state index contributed by atoms with van der Waals surface area (Å²) < 4.78 is 5.59. The number of nitrogens with zero attached hydrogens (tertiary/aromatic N) is 1. The molecule has 1 saturated heterocycles. The lowest BCUT2D eigenvalue weighted by atomic mass is 9.93. The molecule has 1 rings (SSSR count). The van der Waals surface area contributed by atoms with Gasteiger partial charge in [0.15, 0.2) is 0 Å². The number of piperidine rings is 1. The molecule has 1 heterocycles. The van der Waals surface area contributed by atoms with Gasteiger partial charge in [0, 0.05) is 39.2 Å². The molecule has 0 aliphatic carbocycles. The van der Waals surface area contributed by atoms with E-state index in [0.29, 0.717) is 13.0 Å². The summed E-state index contributed by atoms with van der Waals surface area (Å²) in [6.45, 7) is 7.29. The monoisotopic (exact) mass is 271 g/mol. The number of likely N-dealkylation sites (tertiary alicyclic amines) is 1. The van der Waals surface area contributed by atoms with Crippen molar-refractivity contribution < 1.29 is 9.53 Å². The first kappa shape index (κ1) is 16.4. The maximum atomic E-state index is 11.8. The standard InChI is InChI=1S/C14H29N3O2/c1-4-7-16-13(18)9-12(10-15)17-8-5-6-14(2,11-17)19-3/h12H,4-11,15H2,1-3H3,(H,16,18). The molecule has 1 aliphatic heterocycles. The number of carbonyl (C=O) groups is 1. The molecular formula is C14H29N3O2. The van der Waals surface area contributed by atoms with E-state index in [0.717, 1.165) is 38.9 Å². The molecule has 0 spiro atoms. The zero-order valence-corrected chi connectivity index (χ0v) is 12.6. The molecule has 1 fully saturated rings. The first-order valence-electron chi connectivity index (χ1n) is 7.30. The molecule has 0 bridgehead atoms. The van der Waals surface area contributed by atoms with Gasteiger partial charge < -0.3 is 15.8 Å². The van der Waals surface area contributed by atoms with Gasteiger partial charge in [0.2, 0.25) is 5.91 Å². The Kier molecular flexibility index (Phi) is 6.75. The van der Waals surface area contributed by atoms with Crippen LogP contribution in [0.15, 0.2) is 0 Å². The average Bonchev–Trinajstić information content (AvgIpc) is 2.42. The lowest BCUT2D eigenvalue weighted by Crippen LogP contribution is -2.54. The van der Waals surface area contributed by atoms with Gasteiger partial charge >= 0.3 is 0 Å². The SMILES string of the molecule is CCCNC(=O)CC(CN)N1CCCC(C)(OC)C1. The van der Waals surface area contributed by atoms with Crippen LogP contribution in [0.4, 0.5) is 0 Å². The molecule has 0 aromatic heterocycles. The highest BCUT2D eigenvalue weighted by atomic mass is 16.5. The van der Waals surface area contributed by atoms with Gasteiger partial charge in [0.05, 0.1) is 5.60 Å². The second-order valence-corrected chi connectivity index (χ2v) is 5.67. The van der Waals surface area contributed by atoms with Crippen molar-refractivity contribution in [2.45, 2.75) is 51.2 Å². The summed E-state index contributed by atoms with van der Waals surface area (Å²) in [5.41, 5.74) is 5.74. The molecule has 0 aromatic carbocycles. The van der Waals surface area contributed by atoms with Crippen LogP contribution in [-0.2, 0) is 9.53 Å². The summed E-state index contributed by atoms with van der Waals surface area (Å²) in [6.07, 6.45) is 3.61. The number of nitrogens with two attached hydrogens (primary N) is 1. The minimum absolute atomic E-state index is 0.0991. The largest absolute Gasteiger partial charge is 0.377 e. The van der Waals surface area contributed by atoms with Crippen LogP contribution >= 0.6 is 0 Å². The fourth-order valence-electron chi connectivity index (χ4n) is 2.63. The molecule has 112 valence electrons. The first-order valence-corrected chi connectivity index (χ1v) is 7.30. The molecule has 0 saturated carbocycles. The first-order chi connectivity index (χ1) is 9.04. The molecule has 1 aliphatic rings. The summed E-state index contributed by atoms with van der Waals surface area (Å²) in [6, 6.07) is 0.117. The van der Waals surface area contributed by atoms with Crippen molar-refractivity contribution in [2.75, 3.05) is 33.3 Å². The van der Waals surface area contributed by atoms with E-state index in [1.54, 1.807) is 7.11 Å². The van der Waals surface area contributed by atoms with Crippen LogP contribution in [-0.4, -0.2) is 55.7 Å². The van der Waals surface area contributed by atoms with Gasteiger partial charge in [-0.25, -0.2) is 0 Å². The van der Waals surface area contributed by atoms with Crippen molar-refractivity contribution in [3.8, 4) is 0 Å². The second-order valence-electron chi connectivity index (χ2n) is 5.67. The highest BCUT2D eigenvalue weighted by Crippen LogP contribution is 2.25. The van der Waals surface area contributed by atoms with Crippen molar-refractivity contribution in [3.63, 3.8) is 0 Å². The van der Waals surface area contributed by atoms with Crippen molar-refractivity contribution in [2.24, 2.45) is 5.73 Å². The number of rotatable bonds is 7. The Balaban J connectivity index is 2.52. The number of carbonyl (C=O) groups excluding carboxylic acids is 1. The molecule has 5 heteroatoms. The van der Waals surface area contributed by atoms with Gasteiger partial charge in [-0.15, -0.1) is 0 Å². The van der Waals surface area contributed by atoms with E-state index >= 15 is 0 Å². The summed E-state index contributed by atoms with van der Waals surface area (Å²) >= 11 is 0. The Morgan fingerprint density at radius 3 is 2.89 bits per heavy atom. The Bertz CT molecular complexity index is 286.